The Bertz CT molecular complexity index is 1830. The third-order valence-corrected chi connectivity index (χ3v) is 6.52. The Kier molecular flexibility index (Phi) is 8.16. The number of anilines is 1. The first-order valence-corrected chi connectivity index (χ1v) is 13.4. The van der Waals surface area contributed by atoms with Gasteiger partial charge in [-0.1, -0.05) is 22.9 Å². The average molecular weight is 616 g/mol. The molecular weight excluding hydrogens is 593 g/mol. The molecule has 0 saturated heterocycles. The van der Waals surface area contributed by atoms with Crippen molar-refractivity contribution in [1.29, 1.82) is 0 Å². The maximum Gasteiger partial charge on any atom is 0.270 e. The molecule has 2 aromatic carbocycles. The van der Waals surface area contributed by atoms with Gasteiger partial charge in [-0.15, -0.1) is 0 Å². The molecule has 0 unspecified atom stereocenters. The van der Waals surface area contributed by atoms with Crippen molar-refractivity contribution in [1.82, 2.24) is 19.9 Å². The number of amides is 2. The maximum atomic E-state index is 14.9. The van der Waals surface area contributed by atoms with Crippen molar-refractivity contribution in [3.8, 4) is 17.2 Å². The number of hydrogen-bond acceptors (Lipinski definition) is 6. The number of benzene rings is 2. The van der Waals surface area contributed by atoms with Gasteiger partial charge in [0.2, 0.25) is 5.43 Å². The number of carbonyl (C=O) groups excluding carboxylic acids is 2. The molecule has 206 valence electrons. The van der Waals surface area contributed by atoms with Crippen molar-refractivity contribution in [3.05, 3.63) is 117 Å². The molecule has 0 bridgehead atoms. The van der Waals surface area contributed by atoms with Gasteiger partial charge in [0.1, 0.15) is 34.2 Å². The van der Waals surface area contributed by atoms with Crippen LogP contribution < -0.4 is 20.8 Å². The summed E-state index contributed by atoms with van der Waals surface area (Å²) >= 11 is 3.24. The molecule has 5 rings (SSSR count). The number of rotatable bonds is 8. The van der Waals surface area contributed by atoms with Crippen molar-refractivity contribution >= 4 is 44.5 Å². The molecule has 41 heavy (non-hydrogen) atoms. The number of nitrogens with zero attached hydrogens (tertiary/aromatic N) is 3. The lowest BCUT2D eigenvalue weighted by Gasteiger charge is -2.14. The van der Waals surface area contributed by atoms with Gasteiger partial charge in [-0.3, -0.25) is 23.9 Å². The zero-order valence-corrected chi connectivity index (χ0v) is 23.3. The summed E-state index contributed by atoms with van der Waals surface area (Å²) in [4.78, 5) is 46.9. The summed E-state index contributed by atoms with van der Waals surface area (Å²) in [7, 11) is 0. The summed E-state index contributed by atoms with van der Waals surface area (Å²) in [6.45, 7) is 2.50. The molecule has 5 aromatic rings. The van der Waals surface area contributed by atoms with Crippen LogP contribution >= 0.6 is 15.9 Å². The number of fused-ring (bicyclic) bond motifs is 1. The molecule has 0 aliphatic heterocycles. The van der Waals surface area contributed by atoms with E-state index >= 15 is 0 Å². The molecule has 11 heteroatoms. The molecule has 3 aromatic heterocycles. The first kappa shape index (κ1) is 27.7. The van der Waals surface area contributed by atoms with Crippen LogP contribution in [0, 0.1) is 5.82 Å². The normalized spacial score (nSPS) is 10.8. The second kappa shape index (κ2) is 12.1. The lowest BCUT2D eigenvalue weighted by molar-refractivity contribution is 0.0947. The Morgan fingerprint density at radius 3 is 2.54 bits per heavy atom. The molecule has 2 amide bonds. The minimum absolute atomic E-state index is 0.134. The Morgan fingerprint density at radius 1 is 0.976 bits per heavy atom. The fourth-order valence-corrected chi connectivity index (χ4v) is 4.38. The molecule has 0 aliphatic rings. The fraction of sp³-hybridized carbons (Fsp3) is 0.100. The van der Waals surface area contributed by atoms with Crippen molar-refractivity contribution in [2.45, 2.75) is 13.3 Å². The van der Waals surface area contributed by atoms with Crippen molar-refractivity contribution in [3.63, 3.8) is 0 Å². The standard InChI is InChI=1S/C30H23BrFN5O4/c1-2-12-35-30(40)25-16-21(11-14-33-25)41-20-8-6-19(7-9-20)36-29(39)23-17-37(26-10-5-18(31)15-24(26)32)28-22(27(23)38)4-3-13-34-28/h3-11,13-17H,2,12H2,1H3,(H,35,40)(H,36,39). The van der Waals surface area contributed by atoms with Crippen LogP contribution in [0.15, 0.2) is 94.6 Å². The van der Waals surface area contributed by atoms with E-state index in [1.54, 1.807) is 48.5 Å². The van der Waals surface area contributed by atoms with Crippen LogP contribution in [0.4, 0.5) is 10.1 Å². The summed E-state index contributed by atoms with van der Waals surface area (Å²) in [5.41, 5.74) is 0.283. The summed E-state index contributed by atoms with van der Waals surface area (Å²) in [5.74, 6) is -0.637. The number of aromatic nitrogens is 3. The number of halogens is 2. The zero-order valence-electron chi connectivity index (χ0n) is 21.7. The van der Waals surface area contributed by atoms with E-state index in [4.69, 9.17) is 4.74 Å². The number of pyridine rings is 3. The smallest absolute Gasteiger partial charge is 0.270 e. The molecular formula is C30H23BrFN5O4. The van der Waals surface area contributed by atoms with Gasteiger partial charge in [0.15, 0.2) is 0 Å². The van der Waals surface area contributed by atoms with Crippen LogP contribution in [0.3, 0.4) is 0 Å². The molecule has 2 N–H and O–H groups in total. The highest BCUT2D eigenvalue weighted by Gasteiger charge is 2.19. The highest BCUT2D eigenvalue weighted by molar-refractivity contribution is 9.10. The Balaban J connectivity index is 1.38. The van der Waals surface area contributed by atoms with Gasteiger partial charge < -0.3 is 15.4 Å². The van der Waals surface area contributed by atoms with E-state index in [0.717, 1.165) is 6.42 Å². The quantitative estimate of drug-likeness (QED) is 0.226. The summed E-state index contributed by atoms with van der Waals surface area (Å²) in [6, 6.07) is 17.2. The van der Waals surface area contributed by atoms with E-state index in [2.05, 4.69) is 36.5 Å². The van der Waals surface area contributed by atoms with E-state index < -0.39 is 17.2 Å². The molecule has 3 heterocycles. The highest BCUT2D eigenvalue weighted by Crippen LogP contribution is 2.25. The number of hydrogen-bond donors (Lipinski definition) is 2. The molecule has 0 fully saturated rings. The molecule has 0 radical (unpaired) electrons. The molecule has 0 atom stereocenters. The molecule has 0 aliphatic carbocycles. The Morgan fingerprint density at radius 2 is 1.78 bits per heavy atom. The summed E-state index contributed by atoms with van der Waals surface area (Å²) < 4.78 is 22.6. The Hall–Kier alpha value is -4.90. The zero-order chi connectivity index (χ0) is 28.9. The lowest BCUT2D eigenvalue weighted by atomic mass is 10.1. The predicted octanol–water partition coefficient (Wildman–Crippen LogP) is 5.87. The van der Waals surface area contributed by atoms with E-state index in [-0.39, 0.29) is 33.9 Å². The van der Waals surface area contributed by atoms with Crippen LogP contribution in [0.5, 0.6) is 11.5 Å². The highest BCUT2D eigenvalue weighted by atomic mass is 79.9. The summed E-state index contributed by atoms with van der Waals surface area (Å²) in [6.07, 6.45) is 5.07. The SMILES string of the molecule is CCCNC(=O)c1cc(Oc2ccc(NC(=O)c3cn(-c4ccc(Br)cc4F)c4ncccc4c3=O)cc2)ccn1. The van der Waals surface area contributed by atoms with E-state index in [9.17, 15) is 18.8 Å². The second-order valence-corrected chi connectivity index (χ2v) is 9.84. The Labute approximate surface area is 242 Å². The van der Waals surface area contributed by atoms with E-state index in [1.807, 2.05) is 6.92 Å². The molecule has 9 nitrogen and oxygen atoms in total. The van der Waals surface area contributed by atoms with Gasteiger partial charge in [0.05, 0.1) is 11.1 Å². The monoisotopic (exact) mass is 615 g/mol. The first-order chi connectivity index (χ1) is 19.8. The number of ether oxygens (including phenoxy) is 1. The largest absolute Gasteiger partial charge is 0.457 e. The summed E-state index contributed by atoms with van der Waals surface area (Å²) in [5, 5.41) is 5.65. The second-order valence-electron chi connectivity index (χ2n) is 8.93. The minimum atomic E-state index is -0.669. The van der Waals surface area contributed by atoms with E-state index in [0.29, 0.717) is 28.2 Å². The number of nitrogens with one attached hydrogen (secondary N) is 2. The van der Waals surface area contributed by atoms with Gasteiger partial charge in [-0.2, -0.15) is 0 Å². The van der Waals surface area contributed by atoms with Crippen LogP contribution in [0.1, 0.15) is 34.2 Å². The minimum Gasteiger partial charge on any atom is -0.457 e. The van der Waals surface area contributed by atoms with Gasteiger partial charge in [-0.05, 0) is 67.1 Å². The van der Waals surface area contributed by atoms with E-state index in [1.165, 1.54) is 41.4 Å². The van der Waals surface area contributed by atoms with Crippen molar-refractivity contribution in [2.75, 3.05) is 11.9 Å². The molecule has 0 spiro atoms. The maximum absolute atomic E-state index is 14.9. The third-order valence-electron chi connectivity index (χ3n) is 6.02. The van der Waals surface area contributed by atoms with Crippen LogP contribution in [-0.2, 0) is 0 Å². The first-order valence-electron chi connectivity index (χ1n) is 12.6. The topological polar surface area (TPSA) is 115 Å². The predicted molar refractivity (Wildman–Crippen MR) is 156 cm³/mol. The van der Waals surface area contributed by atoms with Crippen LogP contribution in [0.25, 0.3) is 16.7 Å². The van der Waals surface area contributed by atoms with Crippen molar-refractivity contribution < 1.29 is 18.7 Å². The number of carbonyl (C=O) groups is 2. The average Bonchev–Trinajstić information content (AvgIpc) is 2.98. The van der Waals surface area contributed by atoms with Crippen LogP contribution in [-0.4, -0.2) is 32.9 Å². The molecule has 0 saturated carbocycles. The van der Waals surface area contributed by atoms with Crippen molar-refractivity contribution in [2.24, 2.45) is 0 Å². The van der Waals surface area contributed by atoms with Gasteiger partial charge in [0, 0.05) is 41.4 Å². The fourth-order valence-electron chi connectivity index (χ4n) is 4.05. The third kappa shape index (κ3) is 6.15. The van der Waals surface area contributed by atoms with Gasteiger partial charge >= 0.3 is 0 Å². The van der Waals surface area contributed by atoms with Gasteiger partial charge in [-0.25, -0.2) is 9.37 Å². The lowest BCUT2D eigenvalue weighted by Crippen LogP contribution is -2.24. The van der Waals surface area contributed by atoms with Crippen LogP contribution in [0.2, 0.25) is 0 Å². The van der Waals surface area contributed by atoms with Gasteiger partial charge in [0.25, 0.3) is 11.8 Å².